The summed E-state index contributed by atoms with van der Waals surface area (Å²) in [6.07, 6.45) is 2.99. The smallest absolute Gasteiger partial charge is 0.0824 e. The van der Waals surface area contributed by atoms with E-state index in [0.29, 0.717) is 12.1 Å². The molecule has 0 aliphatic carbocycles. The van der Waals surface area contributed by atoms with Crippen LogP contribution in [0.15, 0.2) is 0 Å². The van der Waals surface area contributed by atoms with Gasteiger partial charge in [-0.05, 0) is 26.4 Å². The van der Waals surface area contributed by atoms with E-state index < -0.39 is 0 Å². The fraction of sp³-hybridized carbons (Fsp3) is 1.00. The molecule has 4 heteroatoms. The van der Waals surface area contributed by atoms with Gasteiger partial charge in [0.05, 0.1) is 12.7 Å². The number of rotatable bonds is 3. The van der Waals surface area contributed by atoms with Crippen LogP contribution in [0.2, 0.25) is 0 Å². The van der Waals surface area contributed by atoms with Gasteiger partial charge in [0.15, 0.2) is 0 Å². The maximum Gasteiger partial charge on any atom is 0.0824 e. The molecular formula is C11H23N3O. The number of ether oxygens (including phenoxy) is 1. The van der Waals surface area contributed by atoms with E-state index in [1.165, 1.54) is 25.9 Å². The molecule has 2 aliphatic heterocycles. The Hall–Kier alpha value is -0.160. The highest BCUT2D eigenvalue weighted by molar-refractivity contribution is 4.79. The second kappa shape index (κ2) is 5.80. The van der Waals surface area contributed by atoms with Crippen molar-refractivity contribution in [2.45, 2.75) is 25.0 Å². The Morgan fingerprint density at radius 2 is 2.47 bits per heavy atom. The van der Waals surface area contributed by atoms with Crippen molar-refractivity contribution in [1.82, 2.24) is 15.5 Å². The first kappa shape index (κ1) is 11.3. The van der Waals surface area contributed by atoms with Crippen LogP contribution in [0.5, 0.6) is 0 Å². The van der Waals surface area contributed by atoms with E-state index in [4.69, 9.17) is 4.74 Å². The van der Waals surface area contributed by atoms with E-state index >= 15 is 0 Å². The molecule has 2 heterocycles. The van der Waals surface area contributed by atoms with Crippen molar-refractivity contribution in [2.75, 3.05) is 46.4 Å². The van der Waals surface area contributed by atoms with Gasteiger partial charge in [0, 0.05) is 32.2 Å². The van der Waals surface area contributed by atoms with E-state index in [2.05, 4.69) is 22.6 Å². The van der Waals surface area contributed by atoms with Gasteiger partial charge < -0.3 is 20.3 Å². The molecule has 2 saturated heterocycles. The Balaban J connectivity index is 1.63. The molecule has 0 saturated carbocycles. The van der Waals surface area contributed by atoms with Crippen LogP contribution in [0.25, 0.3) is 0 Å². The van der Waals surface area contributed by atoms with Crippen LogP contribution in [0.1, 0.15) is 12.8 Å². The van der Waals surface area contributed by atoms with E-state index in [1.807, 2.05) is 0 Å². The van der Waals surface area contributed by atoms with Gasteiger partial charge in [-0.1, -0.05) is 0 Å². The van der Waals surface area contributed by atoms with Crippen LogP contribution in [-0.4, -0.2) is 63.4 Å². The van der Waals surface area contributed by atoms with Crippen molar-refractivity contribution in [1.29, 1.82) is 0 Å². The molecule has 0 amide bonds. The molecule has 0 bridgehead atoms. The molecule has 0 aromatic carbocycles. The standard InChI is InChI=1S/C11H23N3O/c1-14-5-2-3-10(9-14)13-8-11-7-12-4-6-15-11/h10-13H,2-9H2,1H3. The lowest BCUT2D eigenvalue weighted by Crippen LogP contribution is -2.50. The lowest BCUT2D eigenvalue weighted by molar-refractivity contribution is 0.0259. The Bertz CT molecular complexity index is 183. The zero-order chi connectivity index (χ0) is 10.5. The normalized spacial score (nSPS) is 34.2. The van der Waals surface area contributed by atoms with E-state index in [9.17, 15) is 0 Å². The summed E-state index contributed by atoms with van der Waals surface area (Å²) in [7, 11) is 2.20. The Kier molecular flexibility index (Phi) is 4.38. The highest BCUT2D eigenvalue weighted by Gasteiger charge is 2.19. The molecule has 88 valence electrons. The second-order valence-electron chi connectivity index (χ2n) is 4.71. The monoisotopic (exact) mass is 213 g/mol. The number of hydrogen-bond acceptors (Lipinski definition) is 4. The maximum absolute atomic E-state index is 5.66. The molecule has 4 nitrogen and oxygen atoms in total. The first-order valence-corrected chi connectivity index (χ1v) is 6.09. The highest BCUT2D eigenvalue weighted by atomic mass is 16.5. The summed E-state index contributed by atoms with van der Waals surface area (Å²) in [6, 6.07) is 0.661. The van der Waals surface area contributed by atoms with Gasteiger partial charge in [-0.15, -0.1) is 0 Å². The average Bonchev–Trinajstić information content (AvgIpc) is 2.28. The van der Waals surface area contributed by atoms with E-state index in [1.54, 1.807) is 0 Å². The lowest BCUT2D eigenvalue weighted by atomic mass is 10.1. The van der Waals surface area contributed by atoms with Crippen LogP contribution in [-0.2, 0) is 4.74 Å². The number of likely N-dealkylation sites (tertiary alicyclic amines) is 1. The number of nitrogens with zero attached hydrogens (tertiary/aromatic N) is 1. The number of nitrogens with one attached hydrogen (secondary N) is 2. The predicted octanol–water partition coefficient (Wildman–Crippen LogP) is -0.341. The molecule has 2 rings (SSSR count). The fourth-order valence-electron chi connectivity index (χ4n) is 2.38. The summed E-state index contributed by atoms with van der Waals surface area (Å²) in [5, 5.41) is 6.97. The zero-order valence-corrected chi connectivity index (χ0v) is 9.67. The van der Waals surface area contributed by atoms with E-state index in [-0.39, 0.29) is 0 Å². The van der Waals surface area contributed by atoms with Crippen molar-refractivity contribution in [3.05, 3.63) is 0 Å². The first-order chi connectivity index (χ1) is 7.34. The summed E-state index contributed by atoms with van der Waals surface area (Å²) in [4.78, 5) is 2.40. The molecule has 0 spiro atoms. The fourth-order valence-corrected chi connectivity index (χ4v) is 2.38. The highest BCUT2D eigenvalue weighted by Crippen LogP contribution is 2.08. The van der Waals surface area contributed by atoms with Gasteiger partial charge in [-0.2, -0.15) is 0 Å². The summed E-state index contributed by atoms with van der Waals surface area (Å²) >= 11 is 0. The van der Waals surface area contributed by atoms with Crippen molar-refractivity contribution in [3.8, 4) is 0 Å². The SMILES string of the molecule is CN1CCCC(NCC2CNCCO2)C1. The molecular weight excluding hydrogens is 190 g/mol. The minimum atomic E-state index is 0.367. The summed E-state index contributed by atoms with van der Waals surface area (Å²) in [5.74, 6) is 0. The molecule has 15 heavy (non-hydrogen) atoms. The third-order valence-electron chi connectivity index (χ3n) is 3.26. The molecule has 0 aromatic rings. The van der Waals surface area contributed by atoms with Gasteiger partial charge in [-0.25, -0.2) is 0 Å². The van der Waals surface area contributed by atoms with Crippen LogP contribution < -0.4 is 10.6 Å². The second-order valence-corrected chi connectivity index (χ2v) is 4.71. The molecule has 2 aliphatic rings. The molecule has 2 fully saturated rings. The molecule has 0 radical (unpaired) electrons. The molecule has 2 unspecified atom stereocenters. The first-order valence-electron chi connectivity index (χ1n) is 6.09. The average molecular weight is 213 g/mol. The minimum absolute atomic E-state index is 0.367. The van der Waals surface area contributed by atoms with Crippen LogP contribution in [0.4, 0.5) is 0 Å². The third-order valence-corrected chi connectivity index (χ3v) is 3.26. The van der Waals surface area contributed by atoms with Crippen molar-refractivity contribution < 1.29 is 4.74 Å². The molecule has 2 atom stereocenters. The van der Waals surface area contributed by atoms with Gasteiger partial charge >= 0.3 is 0 Å². The Morgan fingerprint density at radius 3 is 3.20 bits per heavy atom. The zero-order valence-electron chi connectivity index (χ0n) is 9.67. The number of piperidine rings is 1. The number of hydrogen-bond donors (Lipinski definition) is 2. The quantitative estimate of drug-likeness (QED) is 0.672. The summed E-state index contributed by atoms with van der Waals surface area (Å²) in [5.41, 5.74) is 0. The Morgan fingerprint density at radius 1 is 1.53 bits per heavy atom. The lowest BCUT2D eigenvalue weighted by Gasteiger charge is -2.32. The van der Waals surface area contributed by atoms with Gasteiger partial charge in [0.1, 0.15) is 0 Å². The number of morpholine rings is 1. The van der Waals surface area contributed by atoms with Gasteiger partial charge in [-0.3, -0.25) is 0 Å². The van der Waals surface area contributed by atoms with E-state index in [0.717, 1.165) is 26.2 Å². The van der Waals surface area contributed by atoms with Crippen molar-refractivity contribution in [2.24, 2.45) is 0 Å². The predicted molar refractivity (Wildman–Crippen MR) is 61.1 cm³/mol. The number of likely N-dealkylation sites (N-methyl/N-ethyl adjacent to an activating group) is 1. The van der Waals surface area contributed by atoms with Crippen LogP contribution in [0, 0.1) is 0 Å². The molecule has 0 aromatic heterocycles. The van der Waals surface area contributed by atoms with Gasteiger partial charge in [0.2, 0.25) is 0 Å². The van der Waals surface area contributed by atoms with Gasteiger partial charge in [0.25, 0.3) is 0 Å². The van der Waals surface area contributed by atoms with Crippen LogP contribution in [0.3, 0.4) is 0 Å². The third kappa shape index (κ3) is 3.72. The maximum atomic E-state index is 5.66. The topological polar surface area (TPSA) is 36.5 Å². The van der Waals surface area contributed by atoms with Crippen LogP contribution >= 0.6 is 0 Å². The largest absolute Gasteiger partial charge is 0.374 e. The minimum Gasteiger partial charge on any atom is -0.374 e. The summed E-state index contributed by atoms with van der Waals surface area (Å²) in [6.45, 7) is 6.28. The van der Waals surface area contributed by atoms with Crippen molar-refractivity contribution >= 4 is 0 Å². The summed E-state index contributed by atoms with van der Waals surface area (Å²) < 4.78 is 5.66. The molecule has 2 N–H and O–H groups in total. The Labute approximate surface area is 92.4 Å². The van der Waals surface area contributed by atoms with Crippen molar-refractivity contribution in [3.63, 3.8) is 0 Å².